The van der Waals surface area contributed by atoms with Crippen LogP contribution in [0.3, 0.4) is 0 Å². The maximum Gasteiger partial charge on any atom is 0.0468 e. The van der Waals surface area contributed by atoms with Crippen molar-refractivity contribution in [2.24, 2.45) is 22.7 Å². The first-order chi connectivity index (χ1) is 9.40. The second-order valence-corrected chi connectivity index (χ2v) is 9.40. The SMILES string of the molecule is CCC(C)CN(CC(C)CO)C(CC(C)(C)C)C(C)(C)C. The lowest BCUT2D eigenvalue weighted by Gasteiger charge is -2.45. The molecular weight excluding hydrogens is 258 g/mol. The molecule has 0 spiro atoms. The Hall–Kier alpha value is -0.0800. The summed E-state index contributed by atoms with van der Waals surface area (Å²) >= 11 is 0. The molecule has 2 nitrogen and oxygen atoms in total. The first-order valence-corrected chi connectivity index (χ1v) is 8.75. The summed E-state index contributed by atoms with van der Waals surface area (Å²) in [5.74, 6) is 1.06. The highest BCUT2D eigenvalue weighted by molar-refractivity contribution is 4.88. The Morgan fingerprint density at radius 3 is 1.71 bits per heavy atom. The smallest absolute Gasteiger partial charge is 0.0468 e. The highest BCUT2D eigenvalue weighted by atomic mass is 16.3. The van der Waals surface area contributed by atoms with Crippen molar-refractivity contribution in [3.05, 3.63) is 0 Å². The molecule has 0 saturated carbocycles. The van der Waals surface area contributed by atoms with Crippen molar-refractivity contribution in [2.45, 2.75) is 81.2 Å². The average molecular weight is 300 g/mol. The molecule has 0 rings (SSSR count). The Labute approximate surface area is 134 Å². The van der Waals surface area contributed by atoms with Crippen LogP contribution >= 0.6 is 0 Å². The maximum absolute atomic E-state index is 9.47. The molecule has 0 aliphatic heterocycles. The summed E-state index contributed by atoms with van der Waals surface area (Å²) in [6, 6.07) is 0.556. The van der Waals surface area contributed by atoms with Gasteiger partial charge in [0.25, 0.3) is 0 Å². The predicted octanol–water partition coefficient (Wildman–Crippen LogP) is 4.81. The lowest BCUT2D eigenvalue weighted by atomic mass is 9.75. The molecule has 2 heteroatoms. The first-order valence-electron chi connectivity index (χ1n) is 8.75. The Balaban J connectivity index is 5.24. The van der Waals surface area contributed by atoms with E-state index in [1.807, 2.05) is 0 Å². The van der Waals surface area contributed by atoms with Gasteiger partial charge in [0.15, 0.2) is 0 Å². The predicted molar refractivity (Wildman–Crippen MR) is 94.6 cm³/mol. The van der Waals surface area contributed by atoms with E-state index in [-0.39, 0.29) is 12.0 Å². The van der Waals surface area contributed by atoms with Gasteiger partial charge in [0.2, 0.25) is 0 Å². The Bertz CT molecular complexity index is 262. The molecule has 0 fully saturated rings. The van der Waals surface area contributed by atoms with Crippen molar-refractivity contribution >= 4 is 0 Å². The minimum absolute atomic E-state index is 0.260. The minimum atomic E-state index is 0.260. The van der Waals surface area contributed by atoms with Crippen LogP contribution in [-0.2, 0) is 0 Å². The van der Waals surface area contributed by atoms with Crippen molar-refractivity contribution in [3.8, 4) is 0 Å². The summed E-state index contributed by atoms with van der Waals surface area (Å²) in [6.45, 7) is 23.3. The molecule has 0 aromatic rings. The van der Waals surface area contributed by atoms with Crippen LogP contribution in [0.5, 0.6) is 0 Å². The molecule has 0 aromatic carbocycles. The van der Waals surface area contributed by atoms with Crippen LogP contribution in [0.25, 0.3) is 0 Å². The molecule has 0 aromatic heterocycles. The molecule has 128 valence electrons. The van der Waals surface area contributed by atoms with Gasteiger partial charge in [-0.25, -0.2) is 0 Å². The number of nitrogens with zero attached hydrogens (tertiary/aromatic N) is 1. The van der Waals surface area contributed by atoms with Crippen LogP contribution in [0.4, 0.5) is 0 Å². The van der Waals surface area contributed by atoms with Gasteiger partial charge in [0, 0.05) is 25.7 Å². The molecule has 3 unspecified atom stereocenters. The fraction of sp³-hybridized carbons (Fsp3) is 1.00. The third-order valence-electron chi connectivity index (χ3n) is 4.35. The third-order valence-corrected chi connectivity index (χ3v) is 4.35. The van der Waals surface area contributed by atoms with Gasteiger partial charge >= 0.3 is 0 Å². The monoisotopic (exact) mass is 299 g/mol. The van der Waals surface area contributed by atoms with E-state index >= 15 is 0 Å². The summed E-state index contributed by atoms with van der Waals surface area (Å²) in [7, 11) is 0. The van der Waals surface area contributed by atoms with Crippen LogP contribution in [0.15, 0.2) is 0 Å². The van der Waals surface area contributed by atoms with E-state index < -0.39 is 0 Å². The zero-order chi connectivity index (χ0) is 16.8. The summed E-state index contributed by atoms with van der Waals surface area (Å²) in [5, 5.41) is 9.47. The highest BCUT2D eigenvalue weighted by Crippen LogP contribution is 2.35. The number of rotatable bonds is 8. The van der Waals surface area contributed by atoms with E-state index in [0.717, 1.165) is 13.1 Å². The summed E-state index contributed by atoms with van der Waals surface area (Å²) in [6.07, 6.45) is 2.42. The molecule has 0 aliphatic carbocycles. The molecule has 0 amide bonds. The summed E-state index contributed by atoms with van der Waals surface area (Å²) in [4.78, 5) is 2.65. The van der Waals surface area contributed by atoms with Gasteiger partial charge in [0.1, 0.15) is 0 Å². The molecule has 0 saturated heterocycles. The second-order valence-electron chi connectivity index (χ2n) is 9.40. The van der Waals surface area contributed by atoms with Gasteiger partial charge in [-0.3, -0.25) is 4.90 Å². The van der Waals surface area contributed by atoms with Crippen LogP contribution in [0, 0.1) is 22.7 Å². The Morgan fingerprint density at radius 1 is 0.905 bits per heavy atom. The largest absolute Gasteiger partial charge is 0.396 e. The number of hydrogen-bond acceptors (Lipinski definition) is 2. The molecule has 0 radical (unpaired) electrons. The molecule has 1 N–H and O–H groups in total. The van der Waals surface area contributed by atoms with Gasteiger partial charge in [-0.1, -0.05) is 68.7 Å². The molecule has 0 aliphatic rings. The zero-order valence-electron chi connectivity index (χ0n) is 16.2. The van der Waals surface area contributed by atoms with Gasteiger partial charge in [-0.05, 0) is 29.1 Å². The van der Waals surface area contributed by atoms with Crippen molar-refractivity contribution in [2.75, 3.05) is 19.7 Å². The normalized spacial score (nSPS) is 17.9. The highest BCUT2D eigenvalue weighted by Gasteiger charge is 2.34. The molecule has 3 atom stereocenters. The Kier molecular flexibility index (Phi) is 8.49. The Morgan fingerprint density at radius 2 is 1.38 bits per heavy atom. The molecular formula is C19H41NO. The first kappa shape index (κ1) is 20.9. The lowest BCUT2D eigenvalue weighted by Crippen LogP contribution is -2.49. The maximum atomic E-state index is 9.47. The minimum Gasteiger partial charge on any atom is -0.396 e. The van der Waals surface area contributed by atoms with E-state index in [1.165, 1.54) is 12.8 Å². The lowest BCUT2D eigenvalue weighted by molar-refractivity contribution is 0.0348. The molecule has 0 bridgehead atoms. The van der Waals surface area contributed by atoms with Gasteiger partial charge in [-0.2, -0.15) is 0 Å². The standard InChI is InChI=1S/C19H41NO/c1-10-15(2)12-20(13-16(3)14-21)17(19(7,8)9)11-18(4,5)6/h15-17,21H,10-14H2,1-9H3. The number of aliphatic hydroxyl groups is 1. The number of hydrogen-bond donors (Lipinski definition) is 1. The van der Waals surface area contributed by atoms with Crippen LogP contribution in [-0.4, -0.2) is 35.7 Å². The fourth-order valence-electron chi connectivity index (χ4n) is 2.88. The van der Waals surface area contributed by atoms with E-state index in [0.29, 0.717) is 23.3 Å². The van der Waals surface area contributed by atoms with E-state index in [2.05, 4.69) is 67.2 Å². The van der Waals surface area contributed by atoms with Crippen LogP contribution in [0.2, 0.25) is 0 Å². The third kappa shape index (κ3) is 8.83. The number of aliphatic hydroxyl groups excluding tert-OH is 1. The van der Waals surface area contributed by atoms with Crippen LogP contribution in [0.1, 0.15) is 75.2 Å². The topological polar surface area (TPSA) is 23.5 Å². The second kappa shape index (κ2) is 8.53. The van der Waals surface area contributed by atoms with Crippen molar-refractivity contribution in [1.82, 2.24) is 4.90 Å². The quantitative estimate of drug-likeness (QED) is 0.695. The van der Waals surface area contributed by atoms with Gasteiger partial charge < -0.3 is 5.11 Å². The van der Waals surface area contributed by atoms with Crippen molar-refractivity contribution < 1.29 is 5.11 Å². The summed E-state index contributed by atoms with van der Waals surface area (Å²) < 4.78 is 0. The summed E-state index contributed by atoms with van der Waals surface area (Å²) in [5.41, 5.74) is 0.587. The van der Waals surface area contributed by atoms with E-state index in [4.69, 9.17) is 0 Å². The average Bonchev–Trinajstić information content (AvgIpc) is 2.32. The van der Waals surface area contributed by atoms with Crippen molar-refractivity contribution in [1.29, 1.82) is 0 Å². The molecule has 0 heterocycles. The fourth-order valence-corrected chi connectivity index (χ4v) is 2.88. The van der Waals surface area contributed by atoms with Gasteiger partial charge in [-0.15, -0.1) is 0 Å². The van der Waals surface area contributed by atoms with Crippen molar-refractivity contribution in [3.63, 3.8) is 0 Å². The zero-order valence-corrected chi connectivity index (χ0v) is 16.2. The van der Waals surface area contributed by atoms with Crippen LogP contribution < -0.4 is 0 Å². The molecule has 21 heavy (non-hydrogen) atoms. The van der Waals surface area contributed by atoms with E-state index in [1.54, 1.807) is 0 Å². The van der Waals surface area contributed by atoms with E-state index in [9.17, 15) is 5.11 Å². The van der Waals surface area contributed by atoms with Gasteiger partial charge in [0.05, 0.1) is 0 Å².